The van der Waals surface area contributed by atoms with E-state index in [2.05, 4.69) is 26.8 Å². The molecule has 5 nitrogen and oxygen atoms in total. The van der Waals surface area contributed by atoms with Crippen molar-refractivity contribution in [2.75, 3.05) is 5.32 Å². The molecule has 25 heavy (non-hydrogen) atoms. The van der Waals surface area contributed by atoms with E-state index >= 15 is 0 Å². The Balaban J connectivity index is 1.63. The van der Waals surface area contributed by atoms with Gasteiger partial charge in [0.1, 0.15) is 12.4 Å². The average molecular weight is 348 g/mol. The molecule has 0 amide bonds. The molecule has 2 atom stereocenters. The van der Waals surface area contributed by atoms with Gasteiger partial charge < -0.3 is 5.32 Å². The molecule has 1 aromatic carbocycles. The molecule has 0 bridgehead atoms. The van der Waals surface area contributed by atoms with Crippen LogP contribution < -0.4 is 5.32 Å². The van der Waals surface area contributed by atoms with Crippen LogP contribution in [0.2, 0.25) is 0 Å². The third kappa shape index (κ3) is 2.33. The molecule has 0 saturated heterocycles. The van der Waals surface area contributed by atoms with Gasteiger partial charge in [-0.05, 0) is 23.4 Å². The Morgan fingerprint density at radius 3 is 2.80 bits per heavy atom. The number of thiophene rings is 1. The predicted molar refractivity (Wildman–Crippen MR) is 96.6 cm³/mol. The van der Waals surface area contributed by atoms with Crippen LogP contribution in [0.15, 0.2) is 65.4 Å². The highest BCUT2D eigenvalue weighted by molar-refractivity contribution is 7.10. The van der Waals surface area contributed by atoms with Gasteiger partial charge in [0.15, 0.2) is 5.78 Å². The lowest BCUT2D eigenvalue weighted by molar-refractivity contribution is -0.116. The summed E-state index contributed by atoms with van der Waals surface area (Å²) in [6, 6.07) is 14.0. The molecule has 1 aliphatic heterocycles. The van der Waals surface area contributed by atoms with Gasteiger partial charge in [-0.2, -0.15) is 10.1 Å². The van der Waals surface area contributed by atoms with Gasteiger partial charge in [-0.25, -0.2) is 4.68 Å². The smallest absolute Gasteiger partial charge is 0.226 e. The fourth-order valence-electron chi connectivity index (χ4n) is 3.82. The van der Waals surface area contributed by atoms with Gasteiger partial charge in [0.2, 0.25) is 5.95 Å². The van der Waals surface area contributed by atoms with E-state index < -0.39 is 0 Å². The van der Waals surface area contributed by atoms with Crippen molar-refractivity contribution in [2.45, 2.75) is 24.8 Å². The summed E-state index contributed by atoms with van der Waals surface area (Å²) in [5.41, 5.74) is 2.88. The Kier molecular flexibility index (Phi) is 3.31. The average Bonchev–Trinajstić information content (AvgIpc) is 3.32. The van der Waals surface area contributed by atoms with Crippen LogP contribution in [0.3, 0.4) is 0 Å². The number of carbonyl (C=O) groups excluding carboxylic acids is 1. The van der Waals surface area contributed by atoms with Gasteiger partial charge in [0.05, 0.1) is 0 Å². The molecule has 1 aliphatic carbocycles. The molecular weight excluding hydrogens is 332 g/mol. The first-order chi connectivity index (χ1) is 12.3. The number of benzene rings is 1. The quantitative estimate of drug-likeness (QED) is 0.766. The Labute approximate surface area is 149 Å². The van der Waals surface area contributed by atoms with Crippen LogP contribution in [0.5, 0.6) is 0 Å². The van der Waals surface area contributed by atoms with Gasteiger partial charge in [-0.15, -0.1) is 11.3 Å². The first kappa shape index (κ1) is 14.6. The van der Waals surface area contributed by atoms with Crippen LogP contribution in [0.25, 0.3) is 0 Å². The van der Waals surface area contributed by atoms with Crippen molar-refractivity contribution in [3.63, 3.8) is 0 Å². The second kappa shape index (κ2) is 5.67. The van der Waals surface area contributed by atoms with Gasteiger partial charge in [-0.1, -0.05) is 36.4 Å². The first-order valence-electron chi connectivity index (χ1n) is 8.32. The van der Waals surface area contributed by atoms with Gasteiger partial charge in [0.25, 0.3) is 0 Å². The molecule has 0 radical (unpaired) electrons. The third-order valence-corrected chi connectivity index (χ3v) is 5.96. The Bertz CT molecular complexity index is 958. The molecule has 0 fully saturated rings. The van der Waals surface area contributed by atoms with Gasteiger partial charge in [-0.3, -0.25) is 4.79 Å². The Morgan fingerprint density at radius 1 is 1.12 bits per heavy atom. The zero-order chi connectivity index (χ0) is 16.8. The topological polar surface area (TPSA) is 59.8 Å². The number of allylic oxidation sites excluding steroid dienone is 2. The monoisotopic (exact) mass is 348 g/mol. The van der Waals surface area contributed by atoms with Crippen LogP contribution in [-0.4, -0.2) is 20.5 Å². The van der Waals surface area contributed by atoms with Crippen LogP contribution in [0, 0.1) is 0 Å². The maximum absolute atomic E-state index is 13.1. The lowest BCUT2D eigenvalue weighted by Crippen LogP contribution is -2.33. The molecule has 0 saturated carbocycles. The van der Waals surface area contributed by atoms with Crippen molar-refractivity contribution in [3.8, 4) is 0 Å². The van der Waals surface area contributed by atoms with Gasteiger partial charge in [0, 0.05) is 28.5 Å². The lowest BCUT2D eigenvalue weighted by Gasteiger charge is -2.34. The molecule has 124 valence electrons. The van der Waals surface area contributed by atoms with Crippen LogP contribution in [0.4, 0.5) is 5.95 Å². The highest BCUT2D eigenvalue weighted by Gasteiger charge is 2.39. The Morgan fingerprint density at radius 2 is 2.00 bits per heavy atom. The molecule has 0 unspecified atom stereocenters. The summed E-state index contributed by atoms with van der Waals surface area (Å²) >= 11 is 1.72. The third-order valence-electron chi connectivity index (χ3n) is 4.92. The maximum atomic E-state index is 13.1. The summed E-state index contributed by atoms with van der Waals surface area (Å²) in [5, 5.41) is 9.79. The van der Waals surface area contributed by atoms with Crippen LogP contribution in [0.1, 0.15) is 35.2 Å². The number of nitrogens with one attached hydrogen (secondary N) is 1. The number of carbonyl (C=O) groups is 1. The molecular formula is C19H16N4OS. The second-order valence-corrected chi connectivity index (χ2v) is 7.38. The number of ketones is 1. The number of rotatable bonds is 2. The normalized spacial score (nSPS) is 22.3. The summed E-state index contributed by atoms with van der Waals surface area (Å²) in [6.45, 7) is 0. The summed E-state index contributed by atoms with van der Waals surface area (Å²) in [6.07, 6.45) is 2.92. The molecule has 2 aromatic heterocycles. The van der Waals surface area contributed by atoms with E-state index in [4.69, 9.17) is 0 Å². The van der Waals surface area contributed by atoms with Crippen molar-refractivity contribution in [1.82, 2.24) is 14.8 Å². The van der Waals surface area contributed by atoms with E-state index in [9.17, 15) is 4.79 Å². The number of aromatic nitrogens is 3. The first-order valence-corrected chi connectivity index (χ1v) is 9.20. The fourth-order valence-corrected chi connectivity index (χ4v) is 4.65. The molecule has 2 aliphatic rings. The summed E-state index contributed by atoms with van der Waals surface area (Å²) in [7, 11) is 0. The van der Waals surface area contributed by atoms with Crippen molar-refractivity contribution in [1.29, 1.82) is 0 Å². The number of hydrogen-bond donors (Lipinski definition) is 1. The molecule has 0 spiro atoms. The van der Waals surface area contributed by atoms with E-state index in [-0.39, 0.29) is 17.7 Å². The lowest BCUT2D eigenvalue weighted by atomic mass is 9.80. The summed E-state index contributed by atoms with van der Waals surface area (Å²) in [4.78, 5) is 18.7. The second-order valence-electron chi connectivity index (χ2n) is 6.40. The number of hydrogen-bond acceptors (Lipinski definition) is 5. The van der Waals surface area contributed by atoms with E-state index in [1.807, 2.05) is 41.1 Å². The zero-order valence-electron chi connectivity index (χ0n) is 13.4. The van der Waals surface area contributed by atoms with E-state index in [1.165, 1.54) is 11.2 Å². The highest BCUT2D eigenvalue weighted by atomic mass is 32.1. The molecule has 5 rings (SSSR count). The van der Waals surface area contributed by atoms with Crippen LogP contribution >= 0.6 is 11.3 Å². The SMILES string of the molecule is O=C1C[C@@H](c2cccs2)CC2=C1[C@@H](c1ccccc1)n1ncnc1N2. The van der Waals surface area contributed by atoms with Crippen molar-refractivity contribution >= 4 is 23.1 Å². The molecule has 3 aromatic rings. The van der Waals surface area contributed by atoms with Crippen LogP contribution in [-0.2, 0) is 4.79 Å². The molecule has 1 N–H and O–H groups in total. The van der Waals surface area contributed by atoms with E-state index in [1.54, 1.807) is 11.3 Å². The number of nitrogens with zero attached hydrogens (tertiary/aromatic N) is 3. The highest BCUT2D eigenvalue weighted by Crippen LogP contribution is 2.44. The molecule has 3 heterocycles. The largest absolute Gasteiger partial charge is 0.328 e. The molecule has 6 heteroatoms. The number of Topliss-reactive ketones (excluding diaryl/α,β-unsaturated/α-hetero) is 1. The van der Waals surface area contributed by atoms with Crippen molar-refractivity contribution < 1.29 is 4.79 Å². The minimum absolute atomic E-state index is 0.196. The minimum atomic E-state index is -0.202. The van der Waals surface area contributed by atoms with Crippen molar-refractivity contribution in [3.05, 3.63) is 75.9 Å². The minimum Gasteiger partial charge on any atom is -0.328 e. The van der Waals surface area contributed by atoms with E-state index in [0.29, 0.717) is 12.4 Å². The standard InChI is InChI=1S/C19H16N4OS/c24-15-10-13(16-7-4-8-25-16)9-14-17(15)18(12-5-2-1-3-6-12)23-19(22-14)20-11-21-23/h1-8,11,13,18H,9-10H2,(H,20,21,22)/t13-,18+/m0/s1. The Hall–Kier alpha value is -2.73. The van der Waals surface area contributed by atoms with Crippen molar-refractivity contribution in [2.24, 2.45) is 0 Å². The van der Waals surface area contributed by atoms with E-state index in [0.717, 1.165) is 23.3 Å². The maximum Gasteiger partial charge on any atom is 0.226 e. The predicted octanol–water partition coefficient (Wildman–Crippen LogP) is 3.76. The number of fused-ring (bicyclic) bond motifs is 1. The fraction of sp³-hybridized carbons (Fsp3) is 0.211. The summed E-state index contributed by atoms with van der Waals surface area (Å²) in [5.74, 6) is 1.14. The van der Waals surface area contributed by atoms with Gasteiger partial charge >= 0.3 is 0 Å². The number of anilines is 1. The zero-order valence-corrected chi connectivity index (χ0v) is 14.2. The summed E-state index contributed by atoms with van der Waals surface area (Å²) < 4.78 is 1.82.